The molecule has 0 unspecified atom stereocenters. The van der Waals surface area contributed by atoms with Gasteiger partial charge in [-0.05, 0) is 18.2 Å². The first kappa shape index (κ1) is 15.8. The molecule has 0 amide bonds. The quantitative estimate of drug-likeness (QED) is 0.844. The highest BCUT2D eigenvalue weighted by molar-refractivity contribution is 7.89. The summed E-state index contributed by atoms with van der Waals surface area (Å²) in [6.07, 6.45) is 2.89. The molecule has 0 aliphatic carbocycles. The van der Waals surface area contributed by atoms with Crippen molar-refractivity contribution < 1.29 is 22.7 Å². The fraction of sp³-hybridized carbons (Fsp3) is 0.231. The third-order valence-corrected chi connectivity index (χ3v) is 4.43. The van der Waals surface area contributed by atoms with E-state index >= 15 is 0 Å². The number of benzene rings is 1. The predicted octanol–water partition coefficient (Wildman–Crippen LogP) is 1.91. The topological polar surface area (TPSA) is 88.8 Å². The van der Waals surface area contributed by atoms with Crippen LogP contribution in [-0.4, -0.2) is 20.6 Å². The molecule has 2 aromatic rings. The lowest BCUT2D eigenvalue weighted by molar-refractivity contribution is 0.272. The summed E-state index contributed by atoms with van der Waals surface area (Å²) in [6, 6.07) is 4.38. The molecule has 2 rings (SSSR count). The van der Waals surface area contributed by atoms with Crippen LogP contribution < -0.4 is 9.46 Å². The van der Waals surface area contributed by atoms with Crippen LogP contribution in [0.1, 0.15) is 11.1 Å². The van der Waals surface area contributed by atoms with Crippen LogP contribution in [0.2, 0.25) is 5.02 Å². The zero-order valence-corrected chi connectivity index (χ0v) is 12.7. The normalized spacial score (nSPS) is 11.6. The number of ether oxygens (including phenoxy) is 1. The molecule has 0 aliphatic rings. The van der Waals surface area contributed by atoms with E-state index in [4.69, 9.17) is 20.8 Å². The van der Waals surface area contributed by atoms with Crippen LogP contribution in [-0.2, 0) is 23.2 Å². The van der Waals surface area contributed by atoms with Crippen LogP contribution in [0.25, 0.3) is 0 Å². The number of methoxy groups -OCH3 is 1. The van der Waals surface area contributed by atoms with E-state index in [-0.39, 0.29) is 28.8 Å². The zero-order chi connectivity index (χ0) is 15.5. The number of hydrogen-bond donors (Lipinski definition) is 2. The van der Waals surface area contributed by atoms with Crippen molar-refractivity contribution in [2.24, 2.45) is 0 Å². The van der Waals surface area contributed by atoms with Crippen LogP contribution in [0.3, 0.4) is 0 Å². The van der Waals surface area contributed by atoms with Crippen molar-refractivity contribution >= 4 is 21.6 Å². The molecule has 0 saturated heterocycles. The van der Waals surface area contributed by atoms with Crippen LogP contribution >= 0.6 is 11.6 Å². The third kappa shape index (κ3) is 3.56. The number of aliphatic hydroxyl groups is 1. The number of aliphatic hydroxyl groups excluding tert-OH is 1. The molecule has 1 aromatic heterocycles. The van der Waals surface area contributed by atoms with E-state index in [1.54, 1.807) is 6.07 Å². The molecule has 0 saturated carbocycles. The molecule has 21 heavy (non-hydrogen) atoms. The van der Waals surface area contributed by atoms with Crippen molar-refractivity contribution in [3.8, 4) is 5.75 Å². The van der Waals surface area contributed by atoms with Gasteiger partial charge in [0.05, 0.1) is 26.2 Å². The Morgan fingerprint density at radius 3 is 2.76 bits per heavy atom. The van der Waals surface area contributed by atoms with Crippen molar-refractivity contribution in [3.63, 3.8) is 0 Å². The second-order valence-corrected chi connectivity index (χ2v) is 6.38. The van der Waals surface area contributed by atoms with Gasteiger partial charge in [-0.1, -0.05) is 11.6 Å². The molecule has 114 valence electrons. The third-order valence-electron chi connectivity index (χ3n) is 2.81. The largest absolute Gasteiger partial charge is 0.495 e. The lowest BCUT2D eigenvalue weighted by Gasteiger charge is -2.14. The Hall–Kier alpha value is -1.54. The minimum absolute atomic E-state index is 0.0709. The summed E-state index contributed by atoms with van der Waals surface area (Å²) in [5, 5.41) is 9.48. The van der Waals surface area contributed by atoms with Crippen molar-refractivity contribution in [2.75, 3.05) is 7.11 Å². The minimum Gasteiger partial charge on any atom is -0.495 e. The van der Waals surface area contributed by atoms with Gasteiger partial charge in [0.2, 0.25) is 10.0 Å². The summed E-state index contributed by atoms with van der Waals surface area (Å²) >= 11 is 5.89. The number of nitrogens with one attached hydrogen (secondary N) is 1. The zero-order valence-electron chi connectivity index (χ0n) is 11.2. The molecule has 1 aromatic carbocycles. The predicted molar refractivity (Wildman–Crippen MR) is 76.7 cm³/mol. The Morgan fingerprint density at radius 1 is 1.43 bits per heavy atom. The number of sulfonamides is 1. The molecular weight excluding hydrogens is 318 g/mol. The van der Waals surface area contributed by atoms with E-state index in [0.717, 1.165) is 0 Å². The second-order valence-electron chi connectivity index (χ2n) is 4.21. The molecule has 6 nitrogen and oxygen atoms in total. The first-order valence-corrected chi connectivity index (χ1v) is 7.82. The molecule has 0 spiro atoms. The lowest BCUT2D eigenvalue weighted by atomic mass is 10.2. The molecule has 8 heteroatoms. The molecule has 0 fully saturated rings. The highest BCUT2D eigenvalue weighted by atomic mass is 35.5. The van der Waals surface area contributed by atoms with Crippen molar-refractivity contribution in [2.45, 2.75) is 18.0 Å². The monoisotopic (exact) mass is 331 g/mol. The van der Waals surface area contributed by atoms with Gasteiger partial charge in [-0.3, -0.25) is 0 Å². The second kappa shape index (κ2) is 6.48. The van der Waals surface area contributed by atoms with E-state index in [9.17, 15) is 13.5 Å². The highest BCUT2D eigenvalue weighted by Crippen LogP contribution is 2.31. The SMILES string of the molecule is COc1c(CO)cc(Cl)cc1S(=O)(=O)NCc1ccoc1. The van der Waals surface area contributed by atoms with Crippen molar-refractivity contribution in [3.05, 3.63) is 46.9 Å². The fourth-order valence-electron chi connectivity index (χ4n) is 1.82. The first-order chi connectivity index (χ1) is 9.97. The van der Waals surface area contributed by atoms with Crippen molar-refractivity contribution in [1.29, 1.82) is 0 Å². The average molecular weight is 332 g/mol. The Labute approximate surface area is 127 Å². The van der Waals surface area contributed by atoms with E-state index in [1.165, 1.54) is 31.8 Å². The van der Waals surface area contributed by atoms with E-state index in [1.807, 2.05) is 0 Å². The maximum Gasteiger partial charge on any atom is 0.244 e. The van der Waals surface area contributed by atoms with Gasteiger partial charge in [-0.2, -0.15) is 0 Å². The maximum absolute atomic E-state index is 12.4. The number of furan rings is 1. The van der Waals surface area contributed by atoms with Gasteiger partial charge < -0.3 is 14.3 Å². The van der Waals surface area contributed by atoms with E-state index in [2.05, 4.69) is 4.72 Å². The average Bonchev–Trinajstić information content (AvgIpc) is 2.97. The summed E-state index contributed by atoms with van der Waals surface area (Å²) in [5.41, 5.74) is 0.982. The number of hydrogen-bond acceptors (Lipinski definition) is 5. The van der Waals surface area contributed by atoms with Gasteiger partial charge in [0.15, 0.2) is 0 Å². The summed E-state index contributed by atoms with van der Waals surface area (Å²) in [6.45, 7) is -0.309. The molecular formula is C13H14ClNO5S. The van der Waals surface area contributed by atoms with Crippen LogP contribution in [0.5, 0.6) is 5.75 Å². The van der Waals surface area contributed by atoms with Gasteiger partial charge in [0.25, 0.3) is 0 Å². The lowest BCUT2D eigenvalue weighted by Crippen LogP contribution is -2.24. The number of rotatable bonds is 6. The molecule has 0 bridgehead atoms. The van der Waals surface area contributed by atoms with Crippen LogP contribution in [0.15, 0.2) is 40.0 Å². The summed E-state index contributed by atoms with van der Waals surface area (Å²) in [4.78, 5) is -0.120. The molecule has 0 radical (unpaired) electrons. The Balaban J connectivity index is 2.36. The fourth-order valence-corrected chi connectivity index (χ4v) is 3.38. The Kier molecular flexibility index (Phi) is 4.89. The van der Waals surface area contributed by atoms with Gasteiger partial charge >= 0.3 is 0 Å². The number of halogens is 1. The maximum atomic E-state index is 12.4. The molecule has 0 aliphatic heterocycles. The van der Waals surface area contributed by atoms with Crippen molar-refractivity contribution in [1.82, 2.24) is 4.72 Å². The van der Waals surface area contributed by atoms with Crippen LogP contribution in [0.4, 0.5) is 0 Å². The summed E-state index contributed by atoms with van der Waals surface area (Å²) in [7, 11) is -2.52. The first-order valence-electron chi connectivity index (χ1n) is 5.96. The van der Waals surface area contributed by atoms with Gasteiger partial charge in [-0.15, -0.1) is 0 Å². The molecule has 0 atom stereocenters. The van der Waals surface area contributed by atoms with Crippen LogP contribution in [0, 0.1) is 0 Å². The Morgan fingerprint density at radius 2 is 2.19 bits per heavy atom. The van der Waals surface area contributed by atoms with Gasteiger partial charge in [0, 0.05) is 22.7 Å². The Bertz CT molecular complexity index is 712. The molecule has 1 heterocycles. The van der Waals surface area contributed by atoms with Gasteiger partial charge in [0.1, 0.15) is 10.6 Å². The van der Waals surface area contributed by atoms with E-state index in [0.29, 0.717) is 11.1 Å². The molecule has 2 N–H and O–H groups in total. The standard InChI is InChI=1S/C13H14ClNO5S/c1-19-13-10(7-16)4-11(14)5-12(13)21(17,18)15-6-9-2-3-20-8-9/h2-5,8,15-16H,6-7H2,1H3. The highest BCUT2D eigenvalue weighted by Gasteiger charge is 2.22. The summed E-state index contributed by atoms with van der Waals surface area (Å²) < 4.78 is 37.1. The summed E-state index contributed by atoms with van der Waals surface area (Å²) in [5.74, 6) is 0.0709. The minimum atomic E-state index is -3.85. The smallest absolute Gasteiger partial charge is 0.244 e. The van der Waals surface area contributed by atoms with Gasteiger partial charge in [-0.25, -0.2) is 13.1 Å². The van der Waals surface area contributed by atoms with E-state index < -0.39 is 10.0 Å².